The fourth-order valence-corrected chi connectivity index (χ4v) is 3.17. The number of nitrogens with zero attached hydrogens (tertiary/aromatic N) is 1. The lowest BCUT2D eigenvalue weighted by Crippen LogP contribution is -2.38. The van der Waals surface area contributed by atoms with Crippen molar-refractivity contribution in [3.8, 4) is 6.07 Å². The fourth-order valence-electron chi connectivity index (χ4n) is 3.17. The maximum Gasteiger partial charge on any atom is 0.0960 e. The van der Waals surface area contributed by atoms with E-state index in [-0.39, 0.29) is 0 Å². The molecule has 3 rings (SSSR count). The smallest absolute Gasteiger partial charge is 0.0960 e. The topological polar surface area (TPSA) is 57.2 Å². The monoisotopic (exact) mass is 281 g/mol. The highest BCUT2D eigenvalue weighted by atomic mass is 16.3. The molecule has 0 spiro atoms. The largest absolute Gasteiger partial charge is 0.472 e. The van der Waals surface area contributed by atoms with Gasteiger partial charge in [0.1, 0.15) is 0 Å². The molecule has 2 atom stereocenters. The molecule has 2 aromatic rings. The third-order valence-corrected chi connectivity index (χ3v) is 4.71. The minimum absolute atomic E-state index is 0.432. The number of aliphatic hydroxyl groups excluding tert-OH is 1. The molecular weight excluding hydrogens is 262 g/mol. The molecule has 0 amide bonds. The van der Waals surface area contributed by atoms with E-state index in [1.54, 1.807) is 18.6 Å². The molecule has 0 fully saturated rings. The van der Waals surface area contributed by atoms with Crippen molar-refractivity contribution in [3.63, 3.8) is 0 Å². The van der Waals surface area contributed by atoms with Gasteiger partial charge in [0, 0.05) is 5.56 Å². The molecule has 2 unspecified atom stereocenters. The lowest BCUT2D eigenvalue weighted by Gasteiger charge is -2.39. The van der Waals surface area contributed by atoms with Crippen molar-refractivity contribution in [2.75, 3.05) is 0 Å². The molecule has 1 aromatic heterocycles. The number of hydrogen-bond acceptors (Lipinski definition) is 3. The Morgan fingerprint density at radius 2 is 2.14 bits per heavy atom. The zero-order chi connectivity index (χ0) is 15.0. The molecule has 21 heavy (non-hydrogen) atoms. The van der Waals surface area contributed by atoms with Crippen LogP contribution in [-0.4, -0.2) is 5.11 Å². The molecule has 0 saturated carbocycles. The Kier molecular flexibility index (Phi) is 3.35. The van der Waals surface area contributed by atoms with Gasteiger partial charge in [0.25, 0.3) is 0 Å². The SMILES string of the molecule is Cc1cc2c(cc1C)C(C#N)(CCC(O)c1ccoc1)C2. The van der Waals surface area contributed by atoms with Crippen molar-refractivity contribution in [3.05, 3.63) is 58.5 Å². The van der Waals surface area contributed by atoms with Gasteiger partial charge in [-0.25, -0.2) is 0 Å². The van der Waals surface area contributed by atoms with Crippen LogP contribution in [0.15, 0.2) is 35.1 Å². The first-order valence-electron chi connectivity index (χ1n) is 7.28. The van der Waals surface area contributed by atoms with Crippen molar-refractivity contribution in [1.29, 1.82) is 5.26 Å². The maximum atomic E-state index is 10.2. The Hall–Kier alpha value is -2.05. The van der Waals surface area contributed by atoms with E-state index in [0.717, 1.165) is 17.5 Å². The van der Waals surface area contributed by atoms with Crippen LogP contribution in [0, 0.1) is 25.2 Å². The van der Waals surface area contributed by atoms with Gasteiger partial charge in [-0.05, 0) is 61.4 Å². The Bertz CT molecular complexity index is 697. The van der Waals surface area contributed by atoms with Gasteiger partial charge in [0.15, 0.2) is 0 Å². The lowest BCUT2D eigenvalue weighted by molar-refractivity contribution is 0.154. The summed E-state index contributed by atoms with van der Waals surface area (Å²) in [6.45, 7) is 4.18. The van der Waals surface area contributed by atoms with Crippen LogP contribution in [0.3, 0.4) is 0 Å². The third kappa shape index (κ3) is 2.26. The van der Waals surface area contributed by atoms with Gasteiger partial charge in [0.05, 0.1) is 30.1 Å². The summed E-state index contributed by atoms with van der Waals surface area (Å²) in [7, 11) is 0. The van der Waals surface area contributed by atoms with E-state index in [9.17, 15) is 10.4 Å². The standard InChI is InChI=1S/C18H19NO2/c1-12-7-15-9-18(11-19,16(15)8-13(12)2)5-3-17(20)14-4-6-21-10-14/h4,6-8,10,17,20H,3,5,9H2,1-2H3. The van der Waals surface area contributed by atoms with E-state index in [2.05, 4.69) is 32.0 Å². The number of fused-ring (bicyclic) bond motifs is 1. The Balaban J connectivity index is 1.77. The maximum absolute atomic E-state index is 10.2. The average Bonchev–Trinajstić information content (AvgIpc) is 3.00. The van der Waals surface area contributed by atoms with Crippen LogP contribution in [0.4, 0.5) is 0 Å². The second-order valence-corrected chi connectivity index (χ2v) is 6.08. The second-order valence-electron chi connectivity index (χ2n) is 6.08. The summed E-state index contributed by atoms with van der Waals surface area (Å²) in [5.41, 5.74) is 5.27. The van der Waals surface area contributed by atoms with E-state index in [0.29, 0.717) is 12.8 Å². The van der Waals surface area contributed by atoms with Crippen LogP contribution in [0.2, 0.25) is 0 Å². The van der Waals surface area contributed by atoms with Gasteiger partial charge >= 0.3 is 0 Å². The zero-order valence-corrected chi connectivity index (χ0v) is 12.4. The number of nitriles is 1. The Labute approximate surface area is 124 Å². The van der Waals surface area contributed by atoms with E-state index in [1.807, 2.05) is 0 Å². The zero-order valence-electron chi connectivity index (χ0n) is 12.4. The van der Waals surface area contributed by atoms with Gasteiger partial charge in [-0.1, -0.05) is 12.1 Å². The summed E-state index contributed by atoms with van der Waals surface area (Å²) in [6, 6.07) is 8.58. The normalized spacial score (nSPS) is 21.2. The first-order valence-corrected chi connectivity index (χ1v) is 7.28. The van der Waals surface area contributed by atoms with E-state index in [4.69, 9.17) is 4.42 Å². The van der Waals surface area contributed by atoms with Crippen molar-refractivity contribution < 1.29 is 9.52 Å². The van der Waals surface area contributed by atoms with Crippen LogP contribution in [0.5, 0.6) is 0 Å². The quantitative estimate of drug-likeness (QED) is 0.929. The number of aliphatic hydroxyl groups is 1. The molecule has 3 nitrogen and oxygen atoms in total. The third-order valence-electron chi connectivity index (χ3n) is 4.71. The average molecular weight is 281 g/mol. The Morgan fingerprint density at radius 3 is 2.81 bits per heavy atom. The number of rotatable bonds is 4. The number of benzene rings is 1. The highest BCUT2D eigenvalue weighted by molar-refractivity contribution is 5.53. The number of hydrogen-bond donors (Lipinski definition) is 1. The predicted octanol–water partition coefficient (Wildman–Crippen LogP) is 3.73. The summed E-state index contributed by atoms with van der Waals surface area (Å²) in [5.74, 6) is 0. The van der Waals surface area contributed by atoms with Gasteiger partial charge in [-0.3, -0.25) is 0 Å². The van der Waals surface area contributed by atoms with Gasteiger partial charge in [-0.2, -0.15) is 5.26 Å². The molecule has 1 heterocycles. The van der Waals surface area contributed by atoms with E-state index < -0.39 is 11.5 Å². The molecule has 3 heteroatoms. The summed E-state index contributed by atoms with van der Waals surface area (Å²) < 4.78 is 4.99. The molecule has 1 aromatic carbocycles. The van der Waals surface area contributed by atoms with Crippen LogP contribution in [0.1, 0.15) is 46.8 Å². The highest BCUT2D eigenvalue weighted by Gasteiger charge is 2.43. The minimum atomic E-state index is -0.565. The Morgan fingerprint density at radius 1 is 1.38 bits per heavy atom. The van der Waals surface area contributed by atoms with Crippen LogP contribution in [0.25, 0.3) is 0 Å². The molecule has 1 aliphatic rings. The minimum Gasteiger partial charge on any atom is -0.472 e. The summed E-state index contributed by atoms with van der Waals surface area (Å²) in [5, 5.41) is 19.8. The number of aryl methyl sites for hydroxylation is 2. The molecule has 0 saturated heterocycles. The first-order chi connectivity index (χ1) is 10.1. The summed E-state index contributed by atoms with van der Waals surface area (Å²) in [6.07, 6.45) is 4.59. The van der Waals surface area contributed by atoms with Crippen molar-refractivity contribution in [2.45, 2.75) is 44.6 Å². The molecule has 108 valence electrons. The molecule has 0 bridgehead atoms. The molecule has 1 aliphatic carbocycles. The fraction of sp³-hybridized carbons (Fsp3) is 0.389. The summed E-state index contributed by atoms with van der Waals surface area (Å²) in [4.78, 5) is 0. The van der Waals surface area contributed by atoms with Crippen molar-refractivity contribution in [1.82, 2.24) is 0 Å². The summed E-state index contributed by atoms with van der Waals surface area (Å²) >= 11 is 0. The second kappa shape index (κ2) is 5.05. The first kappa shape index (κ1) is 13.9. The number of furan rings is 1. The molecule has 1 N–H and O–H groups in total. The molecular formula is C18H19NO2. The van der Waals surface area contributed by atoms with Gasteiger partial charge in [0.2, 0.25) is 0 Å². The van der Waals surface area contributed by atoms with E-state index >= 15 is 0 Å². The predicted molar refractivity (Wildman–Crippen MR) is 79.8 cm³/mol. The molecule has 0 radical (unpaired) electrons. The lowest BCUT2D eigenvalue weighted by atomic mass is 9.61. The van der Waals surface area contributed by atoms with Gasteiger partial charge in [-0.15, -0.1) is 0 Å². The van der Waals surface area contributed by atoms with Crippen molar-refractivity contribution >= 4 is 0 Å². The van der Waals surface area contributed by atoms with Crippen LogP contribution >= 0.6 is 0 Å². The van der Waals surface area contributed by atoms with E-state index in [1.165, 1.54) is 16.7 Å². The van der Waals surface area contributed by atoms with Crippen molar-refractivity contribution in [2.24, 2.45) is 0 Å². The van der Waals surface area contributed by atoms with Gasteiger partial charge < -0.3 is 9.52 Å². The molecule has 0 aliphatic heterocycles. The van der Waals surface area contributed by atoms with Crippen LogP contribution in [-0.2, 0) is 11.8 Å². The highest BCUT2D eigenvalue weighted by Crippen LogP contribution is 2.46. The van der Waals surface area contributed by atoms with Crippen LogP contribution < -0.4 is 0 Å².